The van der Waals surface area contributed by atoms with Gasteiger partial charge in [-0.25, -0.2) is 9.97 Å². The van der Waals surface area contributed by atoms with Gasteiger partial charge in [-0.3, -0.25) is 0 Å². The predicted octanol–water partition coefficient (Wildman–Crippen LogP) is 4.67. The van der Waals surface area contributed by atoms with Crippen LogP contribution >= 0.6 is 0 Å². The lowest BCUT2D eigenvalue weighted by molar-refractivity contribution is 0.413. The number of anilines is 3. The Bertz CT molecular complexity index is 1410. The molecule has 0 saturated heterocycles. The lowest BCUT2D eigenvalue weighted by Crippen LogP contribution is -2.29. The number of para-hydroxylation sites is 1. The zero-order valence-electron chi connectivity index (χ0n) is 22.6. The van der Waals surface area contributed by atoms with Gasteiger partial charge in [0, 0.05) is 74.3 Å². The van der Waals surface area contributed by atoms with Gasteiger partial charge in [0.25, 0.3) is 0 Å². The minimum atomic E-state index is 0.463. The number of ether oxygens (including phenoxy) is 1. The summed E-state index contributed by atoms with van der Waals surface area (Å²) in [5, 5.41) is 4.56. The van der Waals surface area contributed by atoms with Crippen molar-refractivity contribution in [1.29, 1.82) is 0 Å². The summed E-state index contributed by atoms with van der Waals surface area (Å²) in [7, 11) is 9.97. The van der Waals surface area contributed by atoms with Crippen LogP contribution in [-0.4, -0.2) is 67.3 Å². The number of aromatic nitrogens is 3. The van der Waals surface area contributed by atoms with Gasteiger partial charge < -0.3 is 30.2 Å². The molecule has 4 aromatic rings. The first-order valence-electron chi connectivity index (χ1n) is 12.4. The largest absolute Gasteiger partial charge is 0.494 e. The van der Waals surface area contributed by atoms with E-state index in [1.807, 2.05) is 31.3 Å². The third kappa shape index (κ3) is 5.76. The molecule has 0 aliphatic heterocycles. The Labute approximate surface area is 219 Å². The quantitative estimate of drug-likeness (QED) is 0.328. The van der Waals surface area contributed by atoms with Gasteiger partial charge in [0.05, 0.1) is 18.5 Å². The molecule has 2 aromatic carbocycles. The molecular weight excluding hydrogens is 462 g/mol. The van der Waals surface area contributed by atoms with Crippen molar-refractivity contribution >= 4 is 34.3 Å². The number of likely N-dealkylation sites (N-methyl/N-ethyl adjacent to an activating group) is 2. The molecule has 0 spiro atoms. The van der Waals surface area contributed by atoms with Crippen LogP contribution in [0.5, 0.6) is 5.75 Å². The molecule has 0 atom stereocenters. The molecular formula is C29H37N7O. The highest BCUT2D eigenvalue weighted by atomic mass is 16.5. The van der Waals surface area contributed by atoms with E-state index in [9.17, 15) is 0 Å². The summed E-state index contributed by atoms with van der Waals surface area (Å²) in [5.74, 6) is 1.22. The first kappa shape index (κ1) is 26.2. The van der Waals surface area contributed by atoms with E-state index < -0.39 is 0 Å². The smallest absolute Gasteiger partial charge is 0.227 e. The van der Waals surface area contributed by atoms with Crippen LogP contribution in [-0.2, 0) is 7.05 Å². The topological polar surface area (TPSA) is 84.5 Å². The van der Waals surface area contributed by atoms with Crippen molar-refractivity contribution in [3.05, 3.63) is 66.0 Å². The highest BCUT2D eigenvalue weighted by Gasteiger charge is 2.16. The highest BCUT2D eigenvalue weighted by molar-refractivity contribution is 5.96. The molecule has 8 heteroatoms. The van der Waals surface area contributed by atoms with Crippen LogP contribution in [0.1, 0.15) is 11.1 Å². The van der Waals surface area contributed by atoms with Gasteiger partial charge in [-0.05, 0) is 44.3 Å². The number of nitrogens with two attached hydrogens (primary N) is 1. The van der Waals surface area contributed by atoms with Crippen LogP contribution in [0.2, 0.25) is 0 Å². The lowest BCUT2D eigenvalue weighted by atomic mass is 10.1. The Hall–Kier alpha value is -3.88. The molecule has 37 heavy (non-hydrogen) atoms. The fourth-order valence-electron chi connectivity index (χ4n) is 4.41. The van der Waals surface area contributed by atoms with Gasteiger partial charge in [-0.15, -0.1) is 0 Å². The maximum atomic E-state index is 5.79. The van der Waals surface area contributed by atoms with E-state index in [-0.39, 0.29) is 0 Å². The number of hydrogen-bond acceptors (Lipinski definition) is 7. The number of benzene rings is 2. The maximum Gasteiger partial charge on any atom is 0.227 e. The second-order valence-corrected chi connectivity index (χ2v) is 9.50. The van der Waals surface area contributed by atoms with Crippen LogP contribution < -0.4 is 20.7 Å². The fraction of sp³-hybridized carbons (Fsp3) is 0.310. The summed E-state index contributed by atoms with van der Waals surface area (Å²) in [5.41, 5.74) is 12.8. The third-order valence-electron chi connectivity index (χ3n) is 6.45. The van der Waals surface area contributed by atoms with Gasteiger partial charge in [0.15, 0.2) is 0 Å². The van der Waals surface area contributed by atoms with Crippen molar-refractivity contribution < 1.29 is 4.74 Å². The van der Waals surface area contributed by atoms with Crippen molar-refractivity contribution in [2.75, 3.05) is 58.1 Å². The molecule has 0 saturated carbocycles. The molecule has 0 amide bonds. The van der Waals surface area contributed by atoms with E-state index in [4.69, 9.17) is 15.5 Å². The first-order chi connectivity index (χ1) is 17.8. The van der Waals surface area contributed by atoms with E-state index in [0.717, 1.165) is 57.8 Å². The minimum absolute atomic E-state index is 0.463. The molecule has 3 N–H and O–H groups in total. The number of hydrogen-bond donors (Lipinski definition) is 2. The molecule has 0 aliphatic rings. The van der Waals surface area contributed by atoms with E-state index in [0.29, 0.717) is 18.2 Å². The Balaban J connectivity index is 1.73. The molecule has 2 heterocycles. The minimum Gasteiger partial charge on any atom is -0.494 e. The van der Waals surface area contributed by atoms with E-state index >= 15 is 0 Å². The molecule has 0 unspecified atom stereocenters. The van der Waals surface area contributed by atoms with Gasteiger partial charge in [-0.1, -0.05) is 30.4 Å². The van der Waals surface area contributed by atoms with Crippen LogP contribution in [0.4, 0.5) is 17.3 Å². The van der Waals surface area contributed by atoms with Crippen molar-refractivity contribution in [3.63, 3.8) is 0 Å². The fourth-order valence-corrected chi connectivity index (χ4v) is 4.41. The van der Waals surface area contributed by atoms with Crippen LogP contribution in [0, 0.1) is 6.92 Å². The SMILES string of the molecule is COc1cc(N(C)CCN(C)C)c(C=CCN)cc1Nc1ncc(C)c(-c2cn(C)c3ccccc23)n1. The van der Waals surface area contributed by atoms with Gasteiger partial charge >= 0.3 is 0 Å². The van der Waals surface area contributed by atoms with E-state index in [1.165, 1.54) is 0 Å². The molecule has 4 rings (SSSR count). The summed E-state index contributed by atoms with van der Waals surface area (Å²) in [6.07, 6.45) is 7.98. The van der Waals surface area contributed by atoms with Gasteiger partial charge in [0.1, 0.15) is 5.75 Å². The Morgan fingerprint density at radius 1 is 1.14 bits per heavy atom. The third-order valence-corrected chi connectivity index (χ3v) is 6.45. The number of nitrogens with one attached hydrogen (secondary N) is 1. The number of methoxy groups -OCH3 is 1. The second kappa shape index (κ2) is 11.5. The predicted molar refractivity (Wildman–Crippen MR) is 155 cm³/mol. The van der Waals surface area contributed by atoms with E-state index in [2.05, 4.69) is 89.4 Å². The Morgan fingerprint density at radius 3 is 2.65 bits per heavy atom. The summed E-state index contributed by atoms with van der Waals surface area (Å²) in [4.78, 5) is 13.9. The van der Waals surface area contributed by atoms with Crippen molar-refractivity contribution in [2.45, 2.75) is 6.92 Å². The standard InChI is InChI=1S/C29H37N7O/c1-20-18-31-29(33-28(20)23-19-36(5)25-12-8-7-11-22(23)25)32-24-16-21(10-9-13-30)26(17-27(24)37-6)35(4)15-14-34(2)3/h7-12,16-19H,13-15,30H2,1-6H3,(H,31,32,33). The van der Waals surface area contributed by atoms with Gasteiger partial charge in [-0.2, -0.15) is 0 Å². The Kier molecular flexibility index (Phi) is 8.11. The van der Waals surface area contributed by atoms with Crippen molar-refractivity contribution in [2.24, 2.45) is 12.8 Å². The molecule has 0 radical (unpaired) electrons. The number of rotatable bonds is 10. The summed E-state index contributed by atoms with van der Waals surface area (Å²) >= 11 is 0. The normalized spacial score (nSPS) is 11.6. The average molecular weight is 500 g/mol. The zero-order valence-corrected chi connectivity index (χ0v) is 22.6. The zero-order chi connectivity index (χ0) is 26.5. The van der Waals surface area contributed by atoms with Crippen LogP contribution in [0.3, 0.4) is 0 Å². The molecule has 8 nitrogen and oxygen atoms in total. The van der Waals surface area contributed by atoms with Crippen LogP contribution in [0.15, 0.2) is 54.9 Å². The molecule has 0 aliphatic carbocycles. The molecule has 194 valence electrons. The van der Waals surface area contributed by atoms with E-state index in [1.54, 1.807) is 7.11 Å². The highest BCUT2D eigenvalue weighted by Crippen LogP contribution is 2.36. The molecule has 0 bridgehead atoms. The van der Waals surface area contributed by atoms with Gasteiger partial charge in [0.2, 0.25) is 5.95 Å². The summed E-state index contributed by atoms with van der Waals surface area (Å²) in [6, 6.07) is 12.5. The maximum absolute atomic E-state index is 5.79. The first-order valence-corrected chi connectivity index (χ1v) is 12.4. The molecule has 0 fully saturated rings. The monoisotopic (exact) mass is 499 g/mol. The second-order valence-electron chi connectivity index (χ2n) is 9.50. The average Bonchev–Trinajstić information content (AvgIpc) is 3.23. The molecule has 2 aromatic heterocycles. The number of fused-ring (bicyclic) bond motifs is 1. The summed E-state index contributed by atoms with van der Waals surface area (Å²) in [6.45, 7) is 4.32. The number of aryl methyl sites for hydroxylation is 2. The van der Waals surface area contributed by atoms with Crippen molar-refractivity contribution in [1.82, 2.24) is 19.4 Å². The lowest BCUT2D eigenvalue weighted by Gasteiger charge is -2.25. The Morgan fingerprint density at radius 2 is 1.92 bits per heavy atom. The van der Waals surface area contributed by atoms with Crippen molar-refractivity contribution in [3.8, 4) is 17.0 Å². The summed E-state index contributed by atoms with van der Waals surface area (Å²) < 4.78 is 7.91. The number of nitrogens with zero attached hydrogens (tertiary/aromatic N) is 5. The van der Waals surface area contributed by atoms with Crippen LogP contribution in [0.25, 0.3) is 28.2 Å².